The minimum Gasteiger partial charge on any atom is -0.383 e. The third-order valence-corrected chi connectivity index (χ3v) is 4.33. The zero-order chi connectivity index (χ0) is 20.9. The molecule has 0 heterocycles. The first-order chi connectivity index (χ1) is 14.1. The molecule has 0 saturated heterocycles. The van der Waals surface area contributed by atoms with E-state index < -0.39 is 4.92 Å². The summed E-state index contributed by atoms with van der Waals surface area (Å²) in [5, 5.41) is 17.3. The molecule has 0 aromatic heterocycles. The Balaban J connectivity index is 1.84. The molecule has 0 aliphatic rings. The summed E-state index contributed by atoms with van der Waals surface area (Å²) in [5.74, 6) is 0.697. The number of nitrogens with zero attached hydrogens (tertiary/aromatic N) is 3. The van der Waals surface area contributed by atoms with Crippen molar-refractivity contribution >= 4 is 17.3 Å². The lowest BCUT2D eigenvalue weighted by molar-refractivity contribution is -0.384. The molecule has 8 heteroatoms. The van der Waals surface area contributed by atoms with E-state index in [0.29, 0.717) is 25.7 Å². The minimum atomic E-state index is -0.404. The Kier molecular flexibility index (Phi) is 9.44. The van der Waals surface area contributed by atoms with Gasteiger partial charge >= 0.3 is 0 Å². The van der Waals surface area contributed by atoms with Crippen LogP contribution in [0.3, 0.4) is 0 Å². The highest BCUT2D eigenvalue weighted by atomic mass is 16.6. The molecule has 0 saturated carbocycles. The number of nitro benzene ring substituents is 1. The van der Waals surface area contributed by atoms with E-state index in [2.05, 4.69) is 39.7 Å². The number of nitrogens with one attached hydrogen (secondary N) is 2. The number of rotatable bonds is 11. The molecule has 0 atom stereocenters. The van der Waals surface area contributed by atoms with Crippen molar-refractivity contribution in [2.75, 3.05) is 45.3 Å². The maximum atomic E-state index is 10.8. The number of para-hydroxylation sites is 1. The summed E-state index contributed by atoms with van der Waals surface area (Å²) in [5.41, 5.74) is 2.18. The molecule has 0 radical (unpaired) electrons. The van der Waals surface area contributed by atoms with Crippen LogP contribution in [0.1, 0.15) is 12.0 Å². The van der Waals surface area contributed by atoms with Gasteiger partial charge in [-0.25, -0.2) is 4.99 Å². The summed E-state index contributed by atoms with van der Waals surface area (Å²) in [4.78, 5) is 17.1. The van der Waals surface area contributed by atoms with Crippen LogP contribution in [0.15, 0.2) is 59.6 Å². The van der Waals surface area contributed by atoms with Crippen LogP contribution in [0.5, 0.6) is 0 Å². The van der Waals surface area contributed by atoms with Gasteiger partial charge in [0.05, 0.1) is 18.1 Å². The molecule has 29 heavy (non-hydrogen) atoms. The SMILES string of the molecule is COCCNC(=NCc1ccc([N+](=O)[O-])cc1)NCCCN(C)c1ccccc1. The Morgan fingerprint density at radius 2 is 1.79 bits per heavy atom. The summed E-state index contributed by atoms with van der Waals surface area (Å²) in [6.07, 6.45) is 0.952. The molecular formula is C21H29N5O3. The van der Waals surface area contributed by atoms with Gasteiger partial charge in [-0.05, 0) is 24.1 Å². The van der Waals surface area contributed by atoms with Crippen molar-refractivity contribution in [3.8, 4) is 0 Å². The Hall–Kier alpha value is -3.13. The van der Waals surface area contributed by atoms with Crippen LogP contribution in [-0.4, -0.2) is 51.3 Å². The van der Waals surface area contributed by atoms with E-state index in [1.807, 2.05) is 18.2 Å². The summed E-state index contributed by atoms with van der Waals surface area (Å²) in [6, 6.07) is 16.7. The van der Waals surface area contributed by atoms with Crippen LogP contribution in [-0.2, 0) is 11.3 Å². The van der Waals surface area contributed by atoms with Crippen LogP contribution in [0.4, 0.5) is 11.4 Å². The average molecular weight is 399 g/mol. The molecule has 0 aliphatic carbocycles. The lowest BCUT2D eigenvalue weighted by Crippen LogP contribution is -2.40. The Bertz CT molecular complexity index is 766. The third kappa shape index (κ3) is 8.18. The fourth-order valence-corrected chi connectivity index (χ4v) is 2.67. The van der Waals surface area contributed by atoms with Crippen molar-refractivity contribution in [1.29, 1.82) is 0 Å². The number of ether oxygens (including phenoxy) is 1. The number of aliphatic imine (C=N–C) groups is 1. The Morgan fingerprint density at radius 3 is 2.45 bits per heavy atom. The van der Waals surface area contributed by atoms with E-state index >= 15 is 0 Å². The highest BCUT2D eigenvalue weighted by Crippen LogP contribution is 2.12. The van der Waals surface area contributed by atoms with E-state index in [9.17, 15) is 10.1 Å². The zero-order valence-corrected chi connectivity index (χ0v) is 17.0. The molecule has 0 fully saturated rings. The fourth-order valence-electron chi connectivity index (χ4n) is 2.67. The van der Waals surface area contributed by atoms with E-state index in [1.54, 1.807) is 19.2 Å². The first-order valence-corrected chi connectivity index (χ1v) is 9.61. The molecule has 0 aliphatic heterocycles. The smallest absolute Gasteiger partial charge is 0.269 e. The summed E-state index contributed by atoms with van der Waals surface area (Å²) in [7, 11) is 3.73. The van der Waals surface area contributed by atoms with Crippen LogP contribution in [0.25, 0.3) is 0 Å². The number of anilines is 1. The third-order valence-electron chi connectivity index (χ3n) is 4.33. The van der Waals surface area contributed by atoms with Gasteiger partial charge in [0.1, 0.15) is 0 Å². The molecule has 0 bridgehead atoms. The summed E-state index contributed by atoms with van der Waals surface area (Å²) >= 11 is 0. The number of benzene rings is 2. The molecule has 2 rings (SSSR count). The van der Waals surface area contributed by atoms with Crippen LogP contribution in [0, 0.1) is 10.1 Å². The Morgan fingerprint density at radius 1 is 1.10 bits per heavy atom. The maximum Gasteiger partial charge on any atom is 0.269 e. The predicted molar refractivity (Wildman–Crippen MR) is 116 cm³/mol. The van der Waals surface area contributed by atoms with Gasteiger partial charge < -0.3 is 20.3 Å². The number of guanidine groups is 1. The monoisotopic (exact) mass is 399 g/mol. The van der Waals surface area contributed by atoms with Gasteiger partial charge in [0.15, 0.2) is 5.96 Å². The molecule has 2 aromatic rings. The maximum absolute atomic E-state index is 10.8. The summed E-state index contributed by atoms with van der Waals surface area (Å²) in [6.45, 7) is 3.35. The van der Waals surface area contributed by atoms with Gasteiger partial charge in [0.2, 0.25) is 0 Å². The molecule has 0 spiro atoms. The molecular weight excluding hydrogens is 370 g/mol. The second-order valence-corrected chi connectivity index (χ2v) is 6.55. The fraction of sp³-hybridized carbons (Fsp3) is 0.381. The largest absolute Gasteiger partial charge is 0.383 e. The van der Waals surface area contributed by atoms with E-state index in [1.165, 1.54) is 17.8 Å². The van der Waals surface area contributed by atoms with Crippen LogP contribution >= 0.6 is 0 Å². The highest BCUT2D eigenvalue weighted by molar-refractivity contribution is 5.79. The predicted octanol–water partition coefficient (Wildman–Crippen LogP) is 2.80. The lowest BCUT2D eigenvalue weighted by Gasteiger charge is -2.19. The Labute approximate surface area is 171 Å². The first kappa shape index (κ1) is 22.2. The van der Waals surface area contributed by atoms with Gasteiger partial charge in [-0.2, -0.15) is 0 Å². The number of hydrogen-bond acceptors (Lipinski definition) is 5. The lowest BCUT2D eigenvalue weighted by atomic mass is 10.2. The van der Waals surface area contributed by atoms with Crippen molar-refractivity contribution in [2.24, 2.45) is 4.99 Å². The van der Waals surface area contributed by atoms with E-state index in [0.717, 1.165) is 25.1 Å². The van der Waals surface area contributed by atoms with E-state index in [-0.39, 0.29) is 5.69 Å². The topological polar surface area (TPSA) is 92.0 Å². The summed E-state index contributed by atoms with van der Waals surface area (Å²) < 4.78 is 5.08. The zero-order valence-electron chi connectivity index (χ0n) is 17.0. The van der Waals surface area contributed by atoms with Gasteiger partial charge in [0, 0.05) is 51.6 Å². The van der Waals surface area contributed by atoms with E-state index in [4.69, 9.17) is 4.74 Å². The van der Waals surface area contributed by atoms with Gasteiger partial charge in [-0.1, -0.05) is 30.3 Å². The molecule has 0 unspecified atom stereocenters. The van der Waals surface area contributed by atoms with Crippen LogP contribution in [0.2, 0.25) is 0 Å². The average Bonchev–Trinajstić information content (AvgIpc) is 2.75. The van der Waals surface area contributed by atoms with Crippen molar-refractivity contribution in [2.45, 2.75) is 13.0 Å². The van der Waals surface area contributed by atoms with Gasteiger partial charge in [0.25, 0.3) is 5.69 Å². The van der Waals surface area contributed by atoms with Crippen molar-refractivity contribution in [3.63, 3.8) is 0 Å². The second kappa shape index (κ2) is 12.4. The minimum absolute atomic E-state index is 0.0804. The van der Waals surface area contributed by atoms with Gasteiger partial charge in [-0.15, -0.1) is 0 Å². The second-order valence-electron chi connectivity index (χ2n) is 6.55. The number of non-ortho nitro benzene ring substituents is 1. The molecule has 156 valence electrons. The van der Waals surface area contributed by atoms with Crippen LogP contribution < -0.4 is 15.5 Å². The standard InChI is InChI=1S/C21H29N5O3/c1-25(19-7-4-3-5-8-19)15-6-13-22-21(23-14-16-29-2)24-17-18-9-11-20(12-10-18)26(27)28/h3-5,7-12H,6,13-17H2,1-2H3,(H2,22,23,24). The molecule has 0 amide bonds. The molecule has 2 N–H and O–H groups in total. The number of nitro groups is 1. The highest BCUT2D eigenvalue weighted by Gasteiger charge is 2.05. The molecule has 8 nitrogen and oxygen atoms in total. The number of methoxy groups -OCH3 is 1. The van der Waals surface area contributed by atoms with Crippen molar-refractivity contribution in [1.82, 2.24) is 10.6 Å². The normalized spacial score (nSPS) is 11.2. The first-order valence-electron chi connectivity index (χ1n) is 9.61. The quantitative estimate of drug-likeness (QED) is 0.198. The van der Waals surface area contributed by atoms with Crippen molar-refractivity contribution in [3.05, 3.63) is 70.3 Å². The van der Waals surface area contributed by atoms with Gasteiger partial charge in [-0.3, -0.25) is 10.1 Å². The van der Waals surface area contributed by atoms with Crippen molar-refractivity contribution < 1.29 is 9.66 Å². The molecule has 2 aromatic carbocycles. The number of hydrogen-bond donors (Lipinski definition) is 2.